The lowest BCUT2D eigenvalue weighted by atomic mass is 9.99. The number of amides is 3. The molecule has 28 heavy (non-hydrogen) atoms. The predicted molar refractivity (Wildman–Crippen MR) is 106 cm³/mol. The highest BCUT2D eigenvalue weighted by molar-refractivity contribution is 5.94. The molecular weight excluding hydrogens is 358 g/mol. The number of ether oxygens (including phenoxy) is 2. The Hall–Kier alpha value is -2.28. The second-order valence-corrected chi connectivity index (χ2v) is 7.54. The van der Waals surface area contributed by atoms with Gasteiger partial charge >= 0.3 is 6.03 Å². The van der Waals surface area contributed by atoms with Crippen LogP contribution >= 0.6 is 0 Å². The van der Waals surface area contributed by atoms with E-state index in [0.29, 0.717) is 13.2 Å². The lowest BCUT2D eigenvalue weighted by Gasteiger charge is -2.26. The molecule has 7 nitrogen and oxygen atoms in total. The number of fused-ring (bicyclic) bond motifs is 1. The van der Waals surface area contributed by atoms with Crippen molar-refractivity contribution in [2.45, 2.75) is 58.5 Å². The van der Waals surface area contributed by atoms with Crippen LogP contribution in [-0.2, 0) is 17.8 Å². The lowest BCUT2D eigenvalue weighted by Crippen LogP contribution is -3.13. The van der Waals surface area contributed by atoms with Crippen LogP contribution in [-0.4, -0.2) is 44.3 Å². The Morgan fingerprint density at radius 1 is 1.07 bits per heavy atom. The summed E-state index contributed by atoms with van der Waals surface area (Å²) < 4.78 is 11.4. The number of nitrogens with one attached hydrogen (secondary N) is 3. The van der Waals surface area contributed by atoms with Crippen molar-refractivity contribution in [1.29, 1.82) is 0 Å². The Morgan fingerprint density at radius 2 is 1.71 bits per heavy atom. The fraction of sp³-hybridized carbons (Fsp3) is 0.619. The molecule has 0 aromatic heterocycles. The van der Waals surface area contributed by atoms with Crippen LogP contribution in [0.5, 0.6) is 11.5 Å². The van der Waals surface area contributed by atoms with Gasteiger partial charge in [-0.05, 0) is 44.4 Å². The zero-order chi connectivity index (χ0) is 19.9. The molecule has 0 radical (unpaired) electrons. The van der Waals surface area contributed by atoms with E-state index in [4.69, 9.17) is 9.47 Å². The molecule has 1 aromatic carbocycles. The number of imide groups is 1. The summed E-state index contributed by atoms with van der Waals surface area (Å²) in [6.45, 7) is 6.96. The van der Waals surface area contributed by atoms with Gasteiger partial charge in [-0.3, -0.25) is 10.1 Å². The van der Waals surface area contributed by atoms with E-state index in [1.165, 1.54) is 11.1 Å². The van der Waals surface area contributed by atoms with E-state index in [1.807, 2.05) is 19.9 Å². The van der Waals surface area contributed by atoms with Crippen LogP contribution in [0.1, 0.15) is 50.7 Å². The van der Waals surface area contributed by atoms with E-state index in [-0.39, 0.29) is 24.5 Å². The molecule has 0 saturated heterocycles. The molecule has 1 atom stereocenters. The first-order valence-electron chi connectivity index (χ1n) is 10.4. The van der Waals surface area contributed by atoms with Crippen LogP contribution in [0.4, 0.5) is 4.79 Å². The van der Waals surface area contributed by atoms with Crippen molar-refractivity contribution < 1.29 is 24.0 Å². The fourth-order valence-electron chi connectivity index (χ4n) is 4.09. The number of benzene rings is 1. The zero-order valence-corrected chi connectivity index (χ0v) is 16.9. The van der Waals surface area contributed by atoms with Gasteiger partial charge < -0.3 is 19.7 Å². The quantitative estimate of drug-likeness (QED) is 0.653. The van der Waals surface area contributed by atoms with Gasteiger partial charge in [-0.1, -0.05) is 12.8 Å². The van der Waals surface area contributed by atoms with Crippen molar-refractivity contribution in [3.8, 4) is 11.5 Å². The smallest absolute Gasteiger partial charge is 0.321 e. The molecule has 1 aromatic rings. The Labute approximate surface area is 166 Å². The van der Waals surface area contributed by atoms with Crippen LogP contribution in [0.2, 0.25) is 0 Å². The first-order chi connectivity index (χ1) is 13.6. The third-order valence-corrected chi connectivity index (χ3v) is 5.41. The molecule has 3 rings (SSSR count). The molecule has 0 spiro atoms. The molecule has 3 amide bonds. The highest BCUT2D eigenvalue weighted by atomic mass is 16.5. The largest absolute Gasteiger partial charge is 0.490 e. The number of carbonyl (C=O) groups excluding carboxylic acids is 2. The molecule has 154 valence electrons. The van der Waals surface area contributed by atoms with Gasteiger partial charge in [-0.15, -0.1) is 0 Å². The van der Waals surface area contributed by atoms with E-state index < -0.39 is 0 Å². The summed E-state index contributed by atoms with van der Waals surface area (Å²) in [4.78, 5) is 25.4. The average Bonchev–Trinajstić information content (AvgIpc) is 3.15. The molecule has 1 unspecified atom stereocenters. The van der Waals surface area contributed by atoms with Crippen molar-refractivity contribution >= 4 is 11.9 Å². The second kappa shape index (κ2) is 9.78. The van der Waals surface area contributed by atoms with Crippen molar-refractivity contribution in [2.24, 2.45) is 0 Å². The van der Waals surface area contributed by atoms with Gasteiger partial charge in [0.15, 0.2) is 18.0 Å². The second-order valence-electron chi connectivity index (χ2n) is 7.54. The van der Waals surface area contributed by atoms with Crippen molar-refractivity contribution in [1.82, 2.24) is 10.6 Å². The molecule has 0 bridgehead atoms. The van der Waals surface area contributed by atoms with Crippen LogP contribution in [0.3, 0.4) is 0 Å². The fourth-order valence-corrected chi connectivity index (χ4v) is 4.09. The van der Waals surface area contributed by atoms with E-state index in [0.717, 1.165) is 61.6 Å². The highest BCUT2D eigenvalue weighted by Gasteiger charge is 2.25. The third kappa shape index (κ3) is 5.38. The summed E-state index contributed by atoms with van der Waals surface area (Å²) in [6, 6.07) is 3.94. The van der Waals surface area contributed by atoms with E-state index in [9.17, 15) is 9.59 Å². The Morgan fingerprint density at radius 3 is 2.36 bits per heavy atom. The molecule has 2 aliphatic rings. The molecule has 1 fully saturated rings. The average molecular weight is 391 g/mol. The van der Waals surface area contributed by atoms with Gasteiger partial charge in [0.1, 0.15) is 6.54 Å². The molecule has 1 aliphatic heterocycles. The summed E-state index contributed by atoms with van der Waals surface area (Å²) in [5.74, 6) is 1.31. The minimum absolute atomic E-state index is 0.207. The van der Waals surface area contributed by atoms with Gasteiger partial charge in [0.05, 0.1) is 19.8 Å². The maximum atomic E-state index is 12.3. The maximum Gasteiger partial charge on any atom is 0.321 e. The first-order valence-corrected chi connectivity index (χ1v) is 10.4. The van der Waals surface area contributed by atoms with Gasteiger partial charge in [0.2, 0.25) is 0 Å². The van der Waals surface area contributed by atoms with Crippen LogP contribution < -0.4 is 25.0 Å². The van der Waals surface area contributed by atoms with Crippen molar-refractivity contribution in [3.05, 3.63) is 23.3 Å². The first kappa shape index (κ1) is 20.5. The predicted octanol–water partition coefficient (Wildman–Crippen LogP) is 1.19. The number of hydrogen-bond acceptors (Lipinski definition) is 4. The molecule has 1 saturated carbocycles. The molecule has 7 heteroatoms. The normalized spacial score (nSPS) is 19.0. The van der Waals surface area contributed by atoms with Gasteiger partial charge in [-0.2, -0.15) is 0 Å². The van der Waals surface area contributed by atoms with Crippen molar-refractivity contribution in [3.63, 3.8) is 0 Å². The summed E-state index contributed by atoms with van der Waals surface area (Å²) in [6.07, 6.45) is 5.16. The standard InChI is InChI=1S/C21H31N3O4/c1-3-27-18-11-15-9-10-24(13-16(15)12-19(18)28-4-2)14-20(25)23-21(26)22-17-7-5-6-8-17/h11-12,17H,3-10,13-14H2,1-2H3,(H2,22,23,25,26)/p+1. The molecule has 1 aliphatic carbocycles. The van der Waals surface area contributed by atoms with Gasteiger partial charge in [0.25, 0.3) is 5.91 Å². The van der Waals surface area contributed by atoms with E-state index >= 15 is 0 Å². The number of carbonyl (C=O) groups is 2. The van der Waals surface area contributed by atoms with Crippen LogP contribution in [0.25, 0.3) is 0 Å². The number of hydrogen-bond donors (Lipinski definition) is 3. The van der Waals surface area contributed by atoms with E-state index in [2.05, 4.69) is 16.7 Å². The minimum atomic E-state index is -0.367. The Balaban J connectivity index is 1.55. The number of rotatable bonds is 7. The molecule has 1 heterocycles. The SMILES string of the molecule is CCOc1cc2c(cc1OCC)C[NH+](CC(=O)NC(=O)NC1CCCC1)CC2. The number of quaternary nitrogens is 1. The monoisotopic (exact) mass is 390 g/mol. The van der Waals surface area contributed by atoms with E-state index in [1.54, 1.807) is 0 Å². The van der Waals surface area contributed by atoms with Gasteiger partial charge in [-0.25, -0.2) is 4.79 Å². The highest BCUT2D eigenvalue weighted by Crippen LogP contribution is 2.32. The van der Waals surface area contributed by atoms with Crippen LogP contribution in [0.15, 0.2) is 12.1 Å². The summed E-state index contributed by atoms with van der Waals surface area (Å²) in [7, 11) is 0. The summed E-state index contributed by atoms with van der Waals surface area (Å²) in [5, 5.41) is 5.37. The lowest BCUT2D eigenvalue weighted by molar-refractivity contribution is -0.908. The third-order valence-electron chi connectivity index (χ3n) is 5.41. The van der Waals surface area contributed by atoms with Gasteiger partial charge in [0, 0.05) is 18.0 Å². The Kier molecular flexibility index (Phi) is 7.14. The maximum absolute atomic E-state index is 12.3. The number of urea groups is 1. The van der Waals surface area contributed by atoms with Crippen molar-refractivity contribution in [2.75, 3.05) is 26.3 Å². The minimum Gasteiger partial charge on any atom is -0.490 e. The molecular formula is C21H32N3O4+. The van der Waals surface area contributed by atoms with Crippen LogP contribution in [0, 0.1) is 0 Å². The topological polar surface area (TPSA) is 81.1 Å². The zero-order valence-electron chi connectivity index (χ0n) is 16.9. The summed E-state index contributed by atoms with van der Waals surface area (Å²) in [5.41, 5.74) is 2.42. The molecule has 3 N–H and O–H groups in total. The summed E-state index contributed by atoms with van der Waals surface area (Å²) >= 11 is 0. The Bertz CT molecular complexity index is 701.